The highest BCUT2D eigenvalue weighted by Gasteiger charge is 2.31. The molecule has 2 heterocycles. The standard InChI is InChI=1S/C16H29N5S/c1-6-13-7-18-15(22-13)8-19-16(17-5)20-14-10-21(11(2)3)9-12(14)4/h7,11-12,14H,6,8-10H2,1-5H3,(H2,17,19,20). The molecule has 5 nitrogen and oxygen atoms in total. The van der Waals surface area contributed by atoms with E-state index in [2.05, 4.69) is 53.2 Å². The molecule has 0 bridgehead atoms. The minimum Gasteiger partial charge on any atom is -0.352 e. The third-order valence-corrected chi connectivity index (χ3v) is 5.42. The summed E-state index contributed by atoms with van der Waals surface area (Å²) in [6.07, 6.45) is 3.02. The topological polar surface area (TPSA) is 52.6 Å². The first-order valence-electron chi connectivity index (χ1n) is 8.18. The Labute approximate surface area is 138 Å². The molecule has 2 atom stereocenters. The van der Waals surface area contributed by atoms with Crippen molar-refractivity contribution in [3.05, 3.63) is 16.1 Å². The van der Waals surface area contributed by atoms with E-state index in [1.807, 2.05) is 13.2 Å². The molecule has 0 spiro atoms. The molecule has 0 saturated carbocycles. The molecule has 2 unspecified atom stereocenters. The summed E-state index contributed by atoms with van der Waals surface area (Å²) in [6, 6.07) is 1.06. The van der Waals surface area contributed by atoms with E-state index >= 15 is 0 Å². The van der Waals surface area contributed by atoms with E-state index < -0.39 is 0 Å². The predicted molar refractivity (Wildman–Crippen MR) is 94.5 cm³/mol. The summed E-state index contributed by atoms with van der Waals surface area (Å²) < 4.78 is 0. The fourth-order valence-corrected chi connectivity index (χ4v) is 3.54. The lowest BCUT2D eigenvalue weighted by Crippen LogP contribution is -2.46. The van der Waals surface area contributed by atoms with E-state index in [0.717, 1.165) is 37.0 Å². The van der Waals surface area contributed by atoms with E-state index in [9.17, 15) is 0 Å². The summed E-state index contributed by atoms with van der Waals surface area (Å²) in [5, 5.41) is 8.06. The van der Waals surface area contributed by atoms with Crippen LogP contribution in [0.2, 0.25) is 0 Å². The fraction of sp³-hybridized carbons (Fsp3) is 0.750. The summed E-state index contributed by atoms with van der Waals surface area (Å²) >= 11 is 1.77. The highest BCUT2D eigenvalue weighted by molar-refractivity contribution is 7.11. The van der Waals surface area contributed by atoms with Crippen molar-refractivity contribution in [3.63, 3.8) is 0 Å². The minimum atomic E-state index is 0.455. The number of hydrogen-bond acceptors (Lipinski definition) is 4. The lowest BCUT2D eigenvalue weighted by molar-refractivity contribution is 0.265. The highest BCUT2D eigenvalue weighted by Crippen LogP contribution is 2.18. The van der Waals surface area contributed by atoms with Crippen LogP contribution in [-0.2, 0) is 13.0 Å². The van der Waals surface area contributed by atoms with Crippen LogP contribution >= 0.6 is 11.3 Å². The third kappa shape index (κ3) is 4.43. The average molecular weight is 324 g/mol. The van der Waals surface area contributed by atoms with Crippen LogP contribution in [0.1, 0.15) is 37.6 Å². The molecule has 1 fully saturated rings. The van der Waals surface area contributed by atoms with Gasteiger partial charge in [-0.25, -0.2) is 4.98 Å². The van der Waals surface area contributed by atoms with Gasteiger partial charge in [0.05, 0.1) is 6.54 Å². The monoisotopic (exact) mass is 323 g/mol. The van der Waals surface area contributed by atoms with Gasteiger partial charge in [0.25, 0.3) is 0 Å². The lowest BCUT2D eigenvalue weighted by atomic mass is 10.1. The normalized spacial score (nSPS) is 23.3. The Morgan fingerprint density at radius 1 is 1.50 bits per heavy atom. The van der Waals surface area contributed by atoms with Crippen molar-refractivity contribution in [1.82, 2.24) is 20.5 Å². The number of likely N-dealkylation sites (tertiary alicyclic amines) is 1. The van der Waals surface area contributed by atoms with Crippen molar-refractivity contribution in [2.75, 3.05) is 20.1 Å². The number of nitrogens with zero attached hydrogens (tertiary/aromatic N) is 3. The van der Waals surface area contributed by atoms with Crippen molar-refractivity contribution in [2.45, 2.75) is 52.7 Å². The van der Waals surface area contributed by atoms with Crippen molar-refractivity contribution < 1.29 is 0 Å². The number of rotatable bonds is 5. The molecule has 0 aromatic carbocycles. The SMILES string of the molecule is CCc1cnc(CNC(=NC)NC2CN(C(C)C)CC2C)s1. The van der Waals surface area contributed by atoms with Crippen LogP contribution in [0.4, 0.5) is 0 Å². The number of aromatic nitrogens is 1. The molecule has 6 heteroatoms. The first-order valence-corrected chi connectivity index (χ1v) is 9.00. The maximum absolute atomic E-state index is 4.44. The van der Waals surface area contributed by atoms with Crippen molar-refractivity contribution in [3.8, 4) is 0 Å². The number of aliphatic imine (C=N–C) groups is 1. The van der Waals surface area contributed by atoms with Gasteiger partial charge in [-0.05, 0) is 26.2 Å². The summed E-state index contributed by atoms with van der Waals surface area (Å²) in [5.74, 6) is 1.50. The Bertz CT molecular complexity index is 496. The van der Waals surface area contributed by atoms with E-state index in [1.54, 1.807) is 11.3 Å². The molecule has 0 radical (unpaired) electrons. The third-order valence-electron chi connectivity index (χ3n) is 4.27. The second-order valence-corrected chi connectivity index (χ2v) is 7.48. The molecule has 1 aliphatic rings. The van der Waals surface area contributed by atoms with Crippen LogP contribution in [0.25, 0.3) is 0 Å². The van der Waals surface area contributed by atoms with Crippen LogP contribution in [-0.4, -0.2) is 48.1 Å². The molecular formula is C16H29N5S. The van der Waals surface area contributed by atoms with E-state index in [0.29, 0.717) is 18.0 Å². The van der Waals surface area contributed by atoms with E-state index in [-0.39, 0.29) is 0 Å². The molecule has 2 rings (SSSR count). The Hall–Kier alpha value is -1.14. The van der Waals surface area contributed by atoms with Gasteiger partial charge in [-0.2, -0.15) is 0 Å². The Balaban J connectivity index is 1.85. The minimum absolute atomic E-state index is 0.455. The van der Waals surface area contributed by atoms with Crippen molar-refractivity contribution in [2.24, 2.45) is 10.9 Å². The zero-order valence-electron chi connectivity index (χ0n) is 14.4. The van der Waals surface area contributed by atoms with Gasteiger partial charge < -0.3 is 10.6 Å². The van der Waals surface area contributed by atoms with E-state index in [4.69, 9.17) is 0 Å². The van der Waals surface area contributed by atoms with Crippen LogP contribution in [0.3, 0.4) is 0 Å². The molecule has 1 aromatic heterocycles. The van der Waals surface area contributed by atoms with Crippen LogP contribution in [0, 0.1) is 5.92 Å². The van der Waals surface area contributed by atoms with Gasteiger partial charge in [-0.1, -0.05) is 13.8 Å². The largest absolute Gasteiger partial charge is 0.352 e. The summed E-state index contributed by atoms with van der Waals surface area (Å²) in [4.78, 5) is 12.6. The quantitative estimate of drug-likeness (QED) is 0.644. The van der Waals surface area contributed by atoms with Crippen LogP contribution < -0.4 is 10.6 Å². The highest BCUT2D eigenvalue weighted by atomic mass is 32.1. The van der Waals surface area contributed by atoms with Gasteiger partial charge in [-0.3, -0.25) is 9.89 Å². The molecule has 1 aromatic rings. The van der Waals surface area contributed by atoms with Gasteiger partial charge >= 0.3 is 0 Å². The fourth-order valence-electron chi connectivity index (χ4n) is 2.74. The number of aryl methyl sites for hydroxylation is 1. The summed E-state index contributed by atoms with van der Waals surface area (Å²) in [6.45, 7) is 12.0. The Morgan fingerprint density at radius 3 is 2.82 bits per heavy atom. The molecule has 1 aliphatic heterocycles. The molecule has 22 heavy (non-hydrogen) atoms. The average Bonchev–Trinajstić information content (AvgIpc) is 3.10. The van der Waals surface area contributed by atoms with Crippen LogP contribution in [0.15, 0.2) is 11.2 Å². The van der Waals surface area contributed by atoms with E-state index in [1.165, 1.54) is 4.88 Å². The smallest absolute Gasteiger partial charge is 0.191 e. The van der Waals surface area contributed by atoms with Gasteiger partial charge in [-0.15, -0.1) is 11.3 Å². The maximum atomic E-state index is 4.44. The number of guanidine groups is 1. The number of nitrogens with one attached hydrogen (secondary N) is 2. The Kier molecular flexibility index (Phi) is 6.20. The maximum Gasteiger partial charge on any atom is 0.191 e. The van der Waals surface area contributed by atoms with Crippen molar-refractivity contribution in [1.29, 1.82) is 0 Å². The first-order chi connectivity index (χ1) is 10.5. The first kappa shape index (κ1) is 17.2. The van der Waals surface area contributed by atoms with Gasteiger partial charge in [0.15, 0.2) is 5.96 Å². The van der Waals surface area contributed by atoms with Crippen molar-refractivity contribution >= 4 is 17.3 Å². The van der Waals surface area contributed by atoms with Gasteiger partial charge in [0, 0.05) is 43.3 Å². The number of hydrogen-bond donors (Lipinski definition) is 2. The second-order valence-electron chi connectivity index (χ2n) is 6.28. The van der Waals surface area contributed by atoms with Crippen LogP contribution in [0.5, 0.6) is 0 Å². The molecule has 1 saturated heterocycles. The Morgan fingerprint density at radius 2 is 2.27 bits per heavy atom. The molecule has 0 aliphatic carbocycles. The molecule has 124 valence electrons. The zero-order chi connectivity index (χ0) is 16.1. The number of thiazole rings is 1. The summed E-state index contributed by atoms with van der Waals surface area (Å²) in [7, 11) is 1.83. The van der Waals surface area contributed by atoms with Gasteiger partial charge in [0.2, 0.25) is 0 Å². The molecular weight excluding hydrogens is 294 g/mol. The summed E-state index contributed by atoms with van der Waals surface area (Å²) in [5.41, 5.74) is 0. The van der Waals surface area contributed by atoms with Gasteiger partial charge in [0.1, 0.15) is 5.01 Å². The molecule has 0 amide bonds. The lowest BCUT2D eigenvalue weighted by Gasteiger charge is -2.21. The molecule has 2 N–H and O–H groups in total. The predicted octanol–water partition coefficient (Wildman–Crippen LogP) is 2.10. The second kappa shape index (κ2) is 7.92. The zero-order valence-corrected chi connectivity index (χ0v) is 15.2.